The molecule has 0 aliphatic rings. The first-order chi connectivity index (χ1) is 6.40. The van der Waals surface area contributed by atoms with Crippen molar-refractivity contribution in [1.82, 2.24) is 4.90 Å². The molecule has 0 radical (unpaired) electrons. The summed E-state index contributed by atoms with van der Waals surface area (Å²) in [6, 6.07) is 0. The van der Waals surface area contributed by atoms with Gasteiger partial charge in [0.25, 0.3) is 0 Å². The summed E-state index contributed by atoms with van der Waals surface area (Å²) in [5.41, 5.74) is 0. The smallest absolute Gasteiger partial charge is 0.141 e. The van der Waals surface area contributed by atoms with Crippen LogP contribution in [0.5, 0.6) is 0 Å². The summed E-state index contributed by atoms with van der Waals surface area (Å²) in [4.78, 5) is 1.47. The molecule has 3 atom stereocenters. The number of hydrogen-bond acceptors (Lipinski definition) is 6. The van der Waals surface area contributed by atoms with Crippen molar-refractivity contribution >= 4 is 0 Å². The van der Waals surface area contributed by atoms with Gasteiger partial charge in [0, 0.05) is 20.3 Å². The normalized spacial score (nSPS) is 18.9. The Labute approximate surface area is 82.3 Å². The molecular formula is C8H17NO5. The van der Waals surface area contributed by atoms with Crippen molar-refractivity contribution < 1.29 is 25.5 Å². The summed E-state index contributed by atoms with van der Waals surface area (Å²) in [7, 11) is 3.25. The standard InChI is InChI=1S/C8H17NO5/c1-9(2)3-5(11)7(13)8(14)6(12)4-10/h3,6-8,10-14H,4H2,1-2H3/b5-3-/t6-,7-,8-/m1/s1. The van der Waals surface area contributed by atoms with Crippen molar-refractivity contribution in [3.63, 3.8) is 0 Å². The Morgan fingerprint density at radius 1 is 1.29 bits per heavy atom. The van der Waals surface area contributed by atoms with E-state index in [1.54, 1.807) is 14.1 Å². The second-order valence-electron chi connectivity index (χ2n) is 3.20. The van der Waals surface area contributed by atoms with Crippen molar-refractivity contribution in [3.8, 4) is 0 Å². The van der Waals surface area contributed by atoms with Gasteiger partial charge in [0.2, 0.25) is 0 Å². The fourth-order valence-electron chi connectivity index (χ4n) is 0.834. The number of aliphatic hydroxyl groups excluding tert-OH is 5. The van der Waals surface area contributed by atoms with Crippen molar-refractivity contribution in [3.05, 3.63) is 12.0 Å². The maximum absolute atomic E-state index is 9.27. The molecule has 0 aliphatic carbocycles. The van der Waals surface area contributed by atoms with E-state index in [9.17, 15) is 15.3 Å². The summed E-state index contributed by atoms with van der Waals surface area (Å²) in [5.74, 6) is -0.477. The fourth-order valence-corrected chi connectivity index (χ4v) is 0.834. The minimum Gasteiger partial charge on any atom is -0.508 e. The predicted octanol–water partition coefficient (Wildman–Crippen LogP) is -1.98. The Bertz CT molecular complexity index is 194. The summed E-state index contributed by atoms with van der Waals surface area (Å²) in [6.07, 6.45) is -3.52. The van der Waals surface area contributed by atoms with E-state index in [1.165, 1.54) is 11.1 Å². The second-order valence-corrected chi connectivity index (χ2v) is 3.20. The lowest BCUT2D eigenvalue weighted by Gasteiger charge is -2.21. The van der Waals surface area contributed by atoms with E-state index in [0.717, 1.165) is 0 Å². The molecule has 0 saturated carbocycles. The van der Waals surface area contributed by atoms with E-state index in [-0.39, 0.29) is 0 Å². The maximum Gasteiger partial charge on any atom is 0.141 e. The summed E-state index contributed by atoms with van der Waals surface area (Å²) in [5, 5.41) is 45.1. The molecule has 0 saturated heterocycles. The van der Waals surface area contributed by atoms with Crippen LogP contribution in [0.4, 0.5) is 0 Å². The third kappa shape index (κ3) is 3.93. The minimum atomic E-state index is -1.61. The fraction of sp³-hybridized carbons (Fsp3) is 0.750. The lowest BCUT2D eigenvalue weighted by Crippen LogP contribution is -2.40. The van der Waals surface area contributed by atoms with Crippen molar-refractivity contribution in [2.75, 3.05) is 20.7 Å². The predicted molar refractivity (Wildman–Crippen MR) is 49.5 cm³/mol. The van der Waals surface area contributed by atoms with Crippen LogP contribution in [-0.2, 0) is 0 Å². The van der Waals surface area contributed by atoms with Gasteiger partial charge >= 0.3 is 0 Å². The molecule has 6 nitrogen and oxygen atoms in total. The van der Waals surface area contributed by atoms with Crippen molar-refractivity contribution in [2.45, 2.75) is 18.3 Å². The highest BCUT2D eigenvalue weighted by Gasteiger charge is 2.27. The Hall–Kier alpha value is -0.820. The zero-order valence-electron chi connectivity index (χ0n) is 8.20. The van der Waals surface area contributed by atoms with Gasteiger partial charge in [0.1, 0.15) is 24.1 Å². The van der Waals surface area contributed by atoms with Crippen LogP contribution >= 0.6 is 0 Å². The molecule has 0 amide bonds. The Morgan fingerprint density at radius 3 is 2.14 bits per heavy atom. The van der Waals surface area contributed by atoms with E-state index >= 15 is 0 Å². The monoisotopic (exact) mass is 207 g/mol. The van der Waals surface area contributed by atoms with Crippen LogP contribution in [-0.4, -0.2) is 69.4 Å². The topological polar surface area (TPSA) is 104 Å². The van der Waals surface area contributed by atoms with Gasteiger partial charge in [-0.2, -0.15) is 0 Å². The Morgan fingerprint density at radius 2 is 1.79 bits per heavy atom. The molecule has 0 aliphatic heterocycles. The molecule has 0 unspecified atom stereocenters. The summed E-state index contributed by atoms with van der Waals surface area (Å²) >= 11 is 0. The maximum atomic E-state index is 9.27. The van der Waals surface area contributed by atoms with Gasteiger partial charge in [-0.05, 0) is 0 Å². The van der Waals surface area contributed by atoms with Crippen molar-refractivity contribution in [2.24, 2.45) is 0 Å². The van der Waals surface area contributed by atoms with Crippen LogP contribution in [0.2, 0.25) is 0 Å². The molecule has 0 aromatic heterocycles. The van der Waals surface area contributed by atoms with Crippen LogP contribution < -0.4 is 0 Å². The van der Waals surface area contributed by atoms with Gasteiger partial charge in [-0.3, -0.25) is 0 Å². The van der Waals surface area contributed by atoms with Gasteiger partial charge in [-0.25, -0.2) is 0 Å². The zero-order valence-corrected chi connectivity index (χ0v) is 8.20. The summed E-state index contributed by atoms with van der Waals surface area (Å²) < 4.78 is 0. The Kier molecular flexibility index (Phi) is 5.47. The molecule has 0 spiro atoms. The Balaban J connectivity index is 4.37. The molecule has 0 bridgehead atoms. The molecule has 0 fully saturated rings. The van der Waals surface area contributed by atoms with Crippen molar-refractivity contribution in [1.29, 1.82) is 0 Å². The average molecular weight is 207 g/mol. The highest BCUT2D eigenvalue weighted by Crippen LogP contribution is 2.07. The molecule has 5 N–H and O–H groups in total. The minimum absolute atomic E-state index is 0.477. The molecular weight excluding hydrogens is 190 g/mol. The first kappa shape index (κ1) is 13.2. The molecule has 0 aromatic rings. The first-order valence-electron chi connectivity index (χ1n) is 4.12. The molecule has 0 aromatic carbocycles. The van der Waals surface area contributed by atoms with E-state index in [0.29, 0.717) is 0 Å². The van der Waals surface area contributed by atoms with Gasteiger partial charge in [-0.15, -0.1) is 0 Å². The number of rotatable bonds is 5. The van der Waals surface area contributed by atoms with Crippen LogP contribution in [0.25, 0.3) is 0 Å². The molecule has 84 valence electrons. The second kappa shape index (κ2) is 5.82. The highest BCUT2D eigenvalue weighted by molar-refractivity contribution is 5.00. The molecule has 0 heterocycles. The van der Waals surface area contributed by atoms with Gasteiger partial charge in [0.05, 0.1) is 6.61 Å². The van der Waals surface area contributed by atoms with Crippen LogP contribution in [0.1, 0.15) is 0 Å². The third-order valence-corrected chi connectivity index (χ3v) is 1.60. The number of aliphatic hydroxyl groups is 5. The van der Waals surface area contributed by atoms with Crippen LogP contribution in [0.3, 0.4) is 0 Å². The number of hydrogen-bond donors (Lipinski definition) is 5. The highest BCUT2D eigenvalue weighted by atomic mass is 16.4. The SMILES string of the molecule is CN(C)/C=C(\O)[C@@H](O)[C@H](O)[C@H](O)CO. The van der Waals surface area contributed by atoms with E-state index in [1.807, 2.05) is 0 Å². The first-order valence-corrected chi connectivity index (χ1v) is 4.12. The van der Waals surface area contributed by atoms with E-state index < -0.39 is 30.7 Å². The van der Waals surface area contributed by atoms with Gasteiger partial charge < -0.3 is 30.4 Å². The quantitative estimate of drug-likeness (QED) is 0.335. The lowest BCUT2D eigenvalue weighted by molar-refractivity contribution is -0.0746. The average Bonchev–Trinajstić information content (AvgIpc) is 2.13. The van der Waals surface area contributed by atoms with Crippen LogP contribution in [0, 0.1) is 0 Å². The summed E-state index contributed by atoms with van der Waals surface area (Å²) in [6.45, 7) is -0.687. The molecule has 6 heteroatoms. The number of nitrogens with zero attached hydrogens (tertiary/aromatic N) is 1. The largest absolute Gasteiger partial charge is 0.508 e. The third-order valence-electron chi connectivity index (χ3n) is 1.60. The zero-order chi connectivity index (χ0) is 11.3. The van der Waals surface area contributed by atoms with E-state index in [2.05, 4.69) is 0 Å². The lowest BCUT2D eigenvalue weighted by atomic mass is 10.1. The van der Waals surface area contributed by atoms with Gasteiger partial charge in [-0.1, -0.05) is 0 Å². The van der Waals surface area contributed by atoms with E-state index in [4.69, 9.17) is 10.2 Å². The molecule has 14 heavy (non-hydrogen) atoms. The van der Waals surface area contributed by atoms with Crippen LogP contribution in [0.15, 0.2) is 12.0 Å². The van der Waals surface area contributed by atoms with Gasteiger partial charge in [0.15, 0.2) is 0 Å². The molecule has 0 rings (SSSR count).